The molecule has 1 aliphatic carbocycles. The van der Waals surface area contributed by atoms with Gasteiger partial charge in [-0.2, -0.15) is 0 Å². The Kier molecular flexibility index (Phi) is 3.50. The molecule has 3 fully saturated rings. The molecule has 2 atom stereocenters. The van der Waals surface area contributed by atoms with Gasteiger partial charge in [0.15, 0.2) is 0 Å². The van der Waals surface area contributed by atoms with Crippen molar-refractivity contribution in [2.24, 2.45) is 11.8 Å². The molecule has 20 heavy (non-hydrogen) atoms. The predicted octanol–water partition coefficient (Wildman–Crippen LogP) is 0.794. The van der Waals surface area contributed by atoms with Crippen LogP contribution in [0.4, 0.5) is 0 Å². The topological polar surface area (TPSA) is 83.9 Å². The van der Waals surface area contributed by atoms with E-state index >= 15 is 0 Å². The van der Waals surface area contributed by atoms with E-state index < -0.39 is 18.2 Å². The number of amides is 2. The second kappa shape index (κ2) is 5.16. The zero-order chi connectivity index (χ0) is 14.3. The molecule has 2 aliphatic heterocycles. The van der Waals surface area contributed by atoms with E-state index in [1.54, 1.807) is 0 Å². The van der Waals surface area contributed by atoms with Crippen LogP contribution in [0.25, 0.3) is 0 Å². The summed E-state index contributed by atoms with van der Waals surface area (Å²) in [5, 5.41) is 8.97. The number of hydrogen-bond acceptors (Lipinski definition) is 4. The van der Waals surface area contributed by atoms with Crippen molar-refractivity contribution in [2.75, 3.05) is 6.54 Å². The van der Waals surface area contributed by atoms with E-state index in [9.17, 15) is 14.4 Å². The Morgan fingerprint density at radius 1 is 1.05 bits per heavy atom. The minimum absolute atomic E-state index is 0.205. The van der Waals surface area contributed by atoms with E-state index in [1.807, 2.05) is 0 Å². The Morgan fingerprint density at radius 2 is 1.60 bits per heavy atom. The average molecular weight is 281 g/mol. The Labute approximate surface area is 117 Å². The lowest BCUT2D eigenvalue weighted by Crippen LogP contribution is -2.53. The Hall–Kier alpha value is -1.43. The number of rotatable bonds is 3. The highest BCUT2D eigenvalue weighted by Gasteiger charge is 2.47. The van der Waals surface area contributed by atoms with Gasteiger partial charge in [0, 0.05) is 6.54 Å². The maximum absolute atomic E-state index is 12.1. The molecule has 0 spiro atoms. The summed E-state index contributed by atoms with van der Waals surface area (Å²) >= 11 is 0. The molecule has 2 saturated heterocycles. The normalized spacial score (nSPS) is 37.3. The number of morpholine rings is 1. The van der Waals surface area contributed by atoms with Gasteiger partial charge in [0.1, 0.15) is 12.2 Å². The van der Waals surface area contributed by atoms with E-state index in [4.69, 9.17) is 9.84 Å². The molecule has 1 saturated carbocycles. The molecule has 2 unspecified atom stereocenters. The highest BCUT2D eigenvalue weighted by molar-refractivity contribution is 6.02. The minimum Gasteiger partial charge on any atom is -0.481 e. The third kappa shape index (κ3) is 2.32. The summed E-state index contributed by atoms with van der Waals surface area (Å²) in [5.41, 5.74) is 0. The summed E-state index contributed by atoms with van der Waals surface area (Å²) in [6.07, 6.45) is 3.21. The fourth-order valence-electron chi connectivity index (χ4n) is 3.49. The third-order valence-corrected chi connectivity index (χ3v) is 4.74. The lowest BCUT2D eigenvalue weighted by atomic mass is 9.81. The molecular weight excluding hydrogens is 262 g/mol. The van der Waals surface area contributed by atoms with Crippen molar-refractivity contribution in [1.82, 2.24) is 4.90 Å². The SMILES string of the molecule is O=C(O)C1CCC(CN2C(=O)C3CCC(O3)C2=O)CC1. The Balaban J connectivity index is 1.59. The molecule has 3 aliphatic rings. The molecule has 3 rings (SSSR count). The molecule has 2 amide bonds. The number of imide groups is 1. The van der Waals surface area contributed by atoms with Crippen LogP contribution < -0.4 is 0 Å². The van der Waals surface area contributed by atoms with Crippen LogP contribution in [0, 0.1) is 11.8 Å². The lowest BCUT2D eigenvalue weighted by molar-refractivity contribution is -0.169. The Morgan fingerprint density at radius 3 is 2.10 bits per heavy atom. The first-order valence-corrected chi connectivity index (χ1v) is 7.29. The number of carboxylic acids is 1. The minimum atomic E-state index is -0.736. The molecule has 110 valence electrons. The smallest absolute Gasteiger partial charge is 0.306 e. The highest BCUT2D eigenvalue weighted by atomic mass is 16.5. The van der Waals surface area contributed by atoms with Gasteiger partial charge in [-0.05, 0) is 44.4 Å². The fraction of sp³-hybridized carbons (Fsp3) is 0.786. The van der Waals surface area contributed by atoms with Crippen molar-refractivity contribution in [2.45, 2.75) is 50.7 Å². The van der Waals surface area contributed by atoms with E-state index in [0.29, 0.717) is 32.2 Å². The maximum atomic E-state index is 12.1. The molecular formula is C14H19NO5. The predicted molar refractivity (Wildman–Crippen MR) is 67.7 cm³/mol. The van der Waals surface area contributed by atoms with E-state index in [2.05, 4.69) is 0 Å². The Bertz CT molecular complexity index is 419. The fourth-order valence-corrected chi connectivity index (χ4v) is 3.49. The summed E-state index contributed by atoms with van der Waals surface area (Å²) in [5.74, 6) is -1.18. The van der Waals surface area contributed by atoms with Crippen molar-refractivity contribution in [3.8, 4) is 0 Å². The van der Waals surface area contributed by atoms with Crippen LogP contribution in [-0.2, 0) is 19.1 Å². The van der Waals surface area contributed by atoms with E-state index in [-0.39, 0.29) is 23.7 Å². The highest BCUT2D eigenvalue weighted by Crippen LogP contribution is 2.33. The summed E-state index contributed by atoms with van der Waals surface area (Å²) in [6, 6.07) is 0. The van der Waals surface area contributed by atoms with Crippen LogP contribution in [0.1, 0.15) is 38.5 Å². The zero-order valence-electron chi connectivity index (χ0n) is 11.3. The zero-order valence-corrected chi connectivity index (χ0v) is 11.3. The van der Waals surface area contributed by atoms with Crippen LogP contribution in [0.15, 0.2) is 0 Å². The first kappa shape index (κ1) is 13.5. The summed E-state index contributed by atoms with van der Waals surface area (Å²) < 4.78 is 5.37. The maximum Gasteiger partial charge on any atom is 0.306 e. The number of carbonyl (C=O) groups excluding carboxylic acids is 2. The van der Waals surface area contributed by atoms with Gasteiger partial charge >= 0.3 is 5.97 Å². The second-order valence-corrected chi connectivity index (χ2v) is 6.03. The summed E-state index contributed by atoms with van der Waals surface area (Å²) in [4.78, 5) is 36.5. The number of fused-ring (bicyclic) bond motifs is 2. The number of carbonyl (C=O) groups is 3. The van der Waals surface area contributed by atoms with Crippen molar-refractivity contribution in [3.05, 3.63) is 0 Å². The number of aliphatic carboxylic acids is 1. The van der Waals surface area contributed by atoms with Crippen molar-refractivity contribution in [1.29, 1.82) is 0 Å². The van der Waals surface area contributed by atoms with Gasteiger partial charge in [-0.15, -0.1) is 0 Å². The lowest BCUT2D eigenvalue weighted by Gasteiger charge is -2.34. The van der Waals surface area contributed by atoms with Gasteiger partial charge in [0.25, 0.3) is 11.8 Å². The average Bonchev–Trinajstić information content (AvgIpc) is 2.89. The van der Waals surface area contributed by atoms with Crippen molar-refractivity contribution >= 4 is 17.8 Å². The molecule has 0 aromatic rings. The van der Waals surface area contributed by atoms with Crippen LogP contribution >= 0.6 is 0 Å². The van der Waals surface area contributed by atoms with Gasteiger partial charge in [0.05, 0.1) is 5.92 Å². The molecule has 1 N–H and O–H groups in total. The molecule has 2 bridgehead atoms. The van der Waals surface area contributed by atoms with E-state index in [1.165, 1.54) is 4.90 Å². The van der Waals surface area contributed by atoms with Crippen molar-refractivity contribution in [3.63, 3.8) is 0 Å². The largest absolute Gasteiger partial charge is 0.481 e. The molecule has 6 heteroatoms. The van der Waals surface area contributed by atoms with Gasteiger partial charge in [-0.25, -0.2) is 0 Å². The molecule has 2 heterocycles. The number of likely N-dealkylation sites (tertiary alicyclic amines) is 1. The first-order chi connectivity index (χ1) is 9.56. The van der Waals surface area contributed by atoms with Crippen molar-refractivity contribution < 1.29 is 24.2 Å². The first-order valence-electron chi connectivity index (χ1n) is 7.29. The van der Waals surface area contributed by atoms with Gasteiger partial charge in [0.2, 0.25) is 0 Å². The number of carboxylic acid groups (broad SMARTS) is 1. The van der Waals surface area contributed by atoms with Crippen LogP contribution in [-0.4, -0.2) is 46.5 Å². The van der Waals surface area contributed by atoms with Crippen LogP contribution in [0.3, 0.4) is 0 Å². The van der Waals surface area contributed by atoms with E-state index in [0.717, 1.165) is 12.8 Å². The van der Waals surface area contributed by atoms with Crippen LogP contribution in [0.5, 0.6) is 0 Å². The standard InChI is InChI=1S/C14H19NO5/c16-12-10-5-6-11(20-10)13(17)15(12)7-8-1-3-9(4-2-8)14(18)19/h8-11H,1-7H2,(H,18,19). The number of hydrogen-bond donors (Lipinski definition) is 1. The summed E-state index contributed by atoms with van der Waals surface area (Å²) in [6.45, 7) is 0.431. The molecule has 0 radical (unpaired) electrons. The molecule has 6 nitrogen and oxygen atoms in total. The third-order valence-electron chi connectivity index (χ3n) is 4.74. The van der Waals surface area contributed by atoms with Crippen LogP contribution in [0.2, 0.25) is 0 Å². The number of nitrogens with zero attached hydrogens (tertiary/aromatic N) is 1. The quantitative estimate of drug-likeness (QED) is 0.773. The second-order valence-electron chi connectivity index (χ2n) is 6.03. The summed E-state index contributed by atoms with van der Waals surface area (Å²) in [7, 11) is 0. The van der Waals surface area contributed by atoms with Gasteiger partial charge in [-0.1, -0.05) is 0 Å². The monoisotopic (exact) mass is 281 g/mol. The van der Waals surface area contributed by atoms with Gasteiger partial charge < -0.3 is 9.84 Å². The molecule has 0 aromatic heterocycles. The van der Waals surface area contributed by atoms with Gasteiger partial charge in [-0.3, -0.25) is 19.3 Å². The number of ether oxygens (including phenoxy) is 1. The molecule has 0 aromatic carbocycles.